The van der Waals surface area contributed by atoms with Crippen molar-refractivity contribution < 1.29 is 27.5 Å². The number of carbonyl (C=O) groups excluding carboxylic acids is 2. The van der Waals surface area contributed by atoms with Crippen LogP contribution in [0.3, 0.4) is 0 Å². The summed E-state index contributed by atoms with van der Waals surface area (Å²) >= 11 is 0. The Hall–Kier alpha value is -2.73. The molecule has 1 aliphatic rings. The van der Waals surface area contributed by atoms with Crippen LogP contribution < -0.4 is 5.32 Å². The van der Waals surface area contributed by atoms with Crippen LogP contribution >= 0.6 is 0 Å². The molecule has 8 heteroatoms. The molecule has 1 aromatic carbocycles. The number of anilines is 1. The van der Waals surface area contributed by atoms with Crippen molar-refractivity contribution in [2.24, 2.45) is 11.3 Å². The summed E-state index contributed by atoms with van der Waals surface area (Å²) in [5.41, 5.74) is 2.84. The standard InChI is InChI=1S/C24H31F3N2O3/c1-15(2)10-11-16-12-19(22(31)32-6)29(14-16)21(30)20(23(3,4)5)28-18-9-7-8-17(13-18)24(25,26)27/h7-9,11,13,16,19-20,28H,12,14H2,1-6H3/t16-,19+,20-/m1/s1. The molecule has 32 heavy (non-hydrogen) atoms. The molecule has 1 amide bonds. The van der Waals surface area contributed by atoms with Crippen LogP contribution in [0.25, 0.3) is 0 Å². The fraction of sp³-hybridized carbons (Fsp3) is 0.542. The summed E-state index contributed by atoms with van der Waals surface area (Å²) in [6.07, 6.45) is -2.24. The minimum absolute atomic E-state index is 0.0767. The molecule has 1 N–H and O–H groups in total. The predicted octanol–water partition coefficient (Wildman–Crippen LogP) is 5.04. The lowest BCUT2D eigenvalue weighted by atomic mass is 9.85. The van der Waals surface area contributed by atoms with Crippen molar-refractivity contribution in [2.75, 3.05) is 19.0 Å². The number of alkyl halides is 3. The summed E-state index contributed by atoms with van der Waals surface area (Å²) in [5, 5.41) is 2.98. The second kappa shape index (κ2) is 9.82. The van der Waals surface area contributed by atoms with E-state index in [4.69, 9.17) is 4.74 Å². The molecule has 5 nitrogen and oxygen atoms in total. The van der Waals surface area contributed by atoms with Gasteiger partial charge in [0, 0.05) is 18.2 Å². The Kier molecular flexibility index (Phi) is 7.83. The molecule has 0 spiro atoms. The van der Waals surface area contributed by atoms with Gasteiger partial charge in [0.1, 0.15) is 12.1 Å². The number of nitrogens with zero attached hydrogens (tertiary/aromatic N) is 1. The zero-order valence-corrected chi connectivity index (χ0v) is 19.3. The quantitative estimate of drug-likeness (QED) is 0.502. The fourth-order valence-electron chi connectivity index (χ4n) is 3.64. The number of likely N-dealkylation sites (tertiary alicyclic amines) is 1. The van der Waals surface area contributed by atoms with Gasteiger partial charge in [-0.25, -0.2) is 4.79 Å². The number of ether oxygens (including phenoxy) is 1. The van der Waals surface area contributed by atoms with Crippen LogP contribution in [0.5, 0.6) is 0 Å². The van der Waals surface area contributed by atoms with Gasteiger partial charge in [0.25, 0.3) is 0 Å². The van der Waals surface area contributed by atoms with Gasteiger partial charge < -0.3 is 15.0 Å². The smallest absolute Gasteiger partial charge is 0.416 e. The van der Waals surface area contributed by atoms with Gasteiger partial charge in [0.15, 0.2) is 0 Å². The number of methoxy groups -OCH3 is 1. The highest BCUT2D eigenvalue weighted by atomic mass is 19.4. The molecule has 0 radical (unpaired) electrons. The second-order valence-corrected chi connectivity index (χ2v) is 9.36. The van der Waals surface area contributed by atoms with Crippen molar-refractivity contribution in [3.8, 4) is 0 Å². The van der Waals surface area contributed by atoms with Crippen LogP contribution in [-0.2, 0) is 20.5 Å². The van der Waals surface area contributed by atoms with Gasteiger partial charge in [-0.3, -0.25) is 4.79 Å². The SMILES string of the molecule is COC(=O)[C@@H]1C[C@@H](C=C=C(C)C)CN1C(=O)[C@@H](Nc1cccc(C(F)(F)F)c1)C(C)(C)C. The number of amides is 1. The van der Waals surface area contributed by atoms with Gasteiger partial charge in [-0.1, -0.05) is 26.8 Å². The lowest BCUT2D eigenvalue weighted by molar-refractivity contribution is -0.151. The molecule has 0 aromatic heterocycles. The minimum Gasteiger partial charge on any atom is -0.467 e. The molecular weight excluding hydrogens is 421 g/mol. The largest absolute Gasteiger partial charge is 0.467 e. The highest BCUT2D eigenvalue weighted by molar-refractivity contribution is 5.90. The number of hydrogen-bond acceptors (Lipinski definition) is 4. The average molecular weight is 453 g/mol. The van der Waals surface area contributed by atoms with E-state index in [2.05, 4.69) is 11.0 Å². The minimum atomic E-state index is -4.49. The molecule has 0 bridgehead atoms. The lowest BCUT2D eigenvalue weighted by Gasteiger charge is -2.35. The van der Waals surface area contributed by atoms with Crippen molar-refractivity contribution in [3.63, 3.8) is 0 Å². The number of esters is 1. The molecule has 1 aromatic rings. The summed E-state index contributed by atoms with van der Waals surface area (Å²) < 4.78 is 44.3. The molecule has 1 fully saturated rings. The Morgan fingerprint density at radius 2 is 1.91 bits per heavy atom. The summed E-state index contributed by atoms with van der Waals surface area (Å²) in [6.45, 7) is 9.57. The first kappa shape index (κ1) is 25.5. The Morgan fingerprint density at radius 3 is 2.44 bits per heavy atom. The molecule has 0 unspecified atom stereocenters. The van der Waals surface area contributed by atoms with E-state index in [-0.39, 0.29) is 17.5 Å². The van der Waals surface area contributed by atoms with E-state index in [1.807, 2.05) is 40.7 Å². The number of rotatable bonds is 5. The Morgan fingerprint density at radius 1 is 1.25 bits per heavy atom. The number of hydrogen-bond donors (Lipinski definition) is 1. The summed E-state index contributed by atoms with van der Waals surface area (Å²) in [7, 11) is 1.27. The molecule has 0 aliphatic carbocycles. The van der Waals surface area contributed by atoms with E-state index in [0.717, 1.165) is 17.7 Å². The van der Waals surface area contributed by atoms with E-state index in [1.165, 1.54) is 24.1 Å². The van der Waals surface area contributed by atoms with Crippen LogP contribution in [0.15, 0.2) is 41.6 Å². The Labute approximate surface area is 187 Å². The molecule has 1 saturated heterocycles. The highest BCUT2D eigenvalue weighted by Gasteiger charge is 2.44. The zero-order chi connectivity index (χ0) is 24.3. The normalized spacial score (nSPS) is 19.7. The third-order valence-electron chi connectivity index (χ3n) is 5.31. The van der Waals surface area contributed by atoms with Crippen molar-refractivity contribution in [1.82, 2.24) is 4.90 Å². The molecule has 1 aliphatic heterocycles. The Balaban J connectivity index is 2.37. The molecule has 1 heterocycles. The number of halogens is 3. The lowest BCUT2D eigenvalue weighted by Crippen LogP contribution is -2.52. The van der Waals surface area contributed by atoms with Crippen molar-refractivity contribution in [1.29, 1.82) is 0 Å². The monoisotopic (exact) mass is 452 g/mol. The second-order valence-electron chi connectivity index (χ2n) is 9.36. The van der Waals surface area contributed by atoms with Crippen molar-refractivity contribution in [2.45, 2.75) is 59.3 Å². The van der Waals surface area contributed by atoms with E-state index >= 15 is 0 Å². The van der Waals surface area contributed by atoms with Crippen molar-refractivity contribution >= 4 is 17.6 Å². The number of benzene rings is 1. The third kappa shape index (κ3) is 6.39. The maximum atomic E-state index is 13.6. The molecule has 2 rings (SSSR count). The molecule has 0 saturated carbocycles. The first-order chi connectivity index (χ1) is 14.7. The van der Waals surface area contributed by atoms with Gasteiger partial charge in [0.2, 0.25) is 5.91 Å². The van der Waals surface area contributed by atoms with Crippen molar-refractivity contribution in [3.05, 3.63) is 47.2 Å². The zero-order valence-electron chi connectivity index (χ0n) is 19.3. The third-order valence-corrected chi connectivity index (χ3v) is 5.31. The number of nitrogens with one attached hydrogen (secondary N) is 1. The summed E-state index contributed by atoms with van der Waals surface area (Å²) in [5.74, 6) is -0.955. The van der Waals surface area contributed by atoms with E-state index in [1.54, 1.807) is 0 Å². The maximum absolute atomic E-state index is 13.6. The van der Waals surface area contributed by atoms with Gasteiger partial charge in [-0.2, -0.15) is 13.2 Å². The summed E-state index contributed by atoms with van der Waals surface area (Å²) in [4.78, 5) is 27.5. The predicted molar refractivity (Wildman–Crippen MR) is 117 cm³/mol. The van der Waals surface area contributed by atoms with Gasteiger partial charge in [-0.05, 0) is 55.5 Å². The van der Waals surface area contributed by atoms with Crippen LogP contribution in [0, 0.1) is 11.3 Å². The van der Waals surface area contributed by atoms with Crippen LogP contribution in [-0.4, -0.2) is 42.5 Å². The Bertz CT molecular complexity index is 908. The fourth-order valence-corrected chi connectivity index (χ4v) is 3.64. The number of carbonyl (C=O) groups is 2. The van der Waals surface area contributed by atoms with Gasteiger partial charge in [-0.15, -0.1) is 5.73 Å². The topological polar surface area (TPSA) is 58.6 Å². The maximum Gasteiger partial charge on any atom is 0.416 e. The molecule has 176 valence electrons. The average Bonchev–Trinajstić information content (AvgIpc) is 3.12. The van der Waals surface area contributed by atoms with Gasteiger partial charge >= 0.3 is 12.1 Å². The van der Waals surface area contributed by atoms with E-state index in [9.17, 15) is 22.8 Å². The van der Waals surface area contributed by atoms with E-state index in [0.29, 0.717) is 13.0 Å². The van der Waals surface area contributed by atoms with Gasteiger partial charge in [0.05, 0.1) is 12.7 Å². The first-order valence-electron chi connectivity index (χ1n) is 10.5. The van der Waals surface area contributed by atoms with Crippen LogP contribution in [0.1, 0.15) is 46.6 Å². The summed E-state index contributed by atoms with van der Waals surface area (Å²) in [6, 6.07) is 3.12. The van der Waals surface area contributed by atoms with E-state index < -0.39 is 35.2 Å². The first-order valence-corrected chi connectivity index (χ1v) is 10.5. The van der Waals surface area contributed by atoms with Crippen LogP contribution in [0.4, 0.5) is 18.9 Å². The van der Waals surface area contributed by atoms with Crippen LogP contribution in [0.2, 0.25) is 0 Å². The highest BCUT2D eigenvalue weighted by Crippen LogP contribution is 2.34. The molecular formula is C24H31F3N2O3. The molecule has 3 atom stereocenters.